The van der Waals surface area contributed by atoms with Crippen molar-refractivity contribution in [3.05, 3.63) is 28.9 Å². The molecule has 0 radical (unpaired) electrons. The van der Waals surface area contributed by atoms with Gasteiger partial charge in [0.25, 0.3) is 5.91 Å². The van der Waals surface area contributed by atoms with Crippen molar-refractivity contribution in [2.24, 2.45) is 11.8 Å². The molecule has 4 aliphatic heterocycles. The third kappa shape index (κ3) is 1.69. The predicted octanol–water partition coefficient (Wildman–Crippen LogP) is 1.99. The Hall–Kier alpha value is -1.59. The molecular weight excluding hydrogens is 300 g/mol. The van der Waals surface area contributed by atoms with Crippen LogP contribution >= 0.6 is 11.6 Å². The molecule has 1 aromatic carbocycles. The quantitative estimate of drug-likeness (QED) is 0.875. The molecule has 0 spiro atoms. The number of hydrogen-bond donors (Lipinski definition) is 1. The van der Waals surface area contributed by atoms with Crippen LogP contribution < -0.4 is 0 Å². The lowest BCUT2D eigenvalue weighted by molar-refractivity contribution is 0.0420. The molecule has 6 heteroatoms. The van der Waals surface area contributed by atoms with Crippen LogP contribution in [0.1, 0.15) is 16.9 Å². The van der Waals surface area contributed by atoms with Gasteiger partial charge in [-0.05, 0) is 43.0 Å². The Bertz CT molecular complexity index is 773. The van der Waals surface area contributed by atoms with Crippen molar-refractivity contribution >= 4 is 28.4 Å². The molecule has 2 unspecified atom stereocenters. The SMILES string of the molecule is O=C(c1n[nH]c2cc(Cl)ccc12)N1C[C@@H]2CN3CCC2[C@@H]1C3. The molecule has 6 rings (SSSR count). The highest BCUT2D eigenvalue weighted by atomic mass is 35.5. The van der Waals surface area contributed by atoms with Crippen LogP contribution in [-0.4, -0.2) is 58.1 Å². The van der Waals surface area contributed by atoms with Gasteiger partial charge in [0.2, 0.25) is 0 Å². The molecule has 5 heterocycles. The maximum atomic E-state index is 13.0. The Morgan fingerprint density at radius 3 is 3.05 bits per heavy atom. The van der Waals surface area contributed by atoms with Crippen molar-refractivity contribution < 1.29 is 4.79 Å². The van der Waals surface area contributed by atoms with Crippen molar-refractivity contribution in [2.75, 3.05) is 26.2 Å². The molecule has 4 fully saturated rings. The molecular formula is C16H17ClN4O. The fraction of sp³-hybridized carbons (Fsp3) is 0.500. The van der Waals surface area contributed by atoms with Gasteiger partial charge in [0.05, 0.1) is 5.52 Å². The molecule has 22 heavy (non-hydrogen) atoms. The maximum Gasteiger partial charge on any atom is 0.275 e. The predicted molar refractivity (Wildman–Crippen MR) is 84.0 cm³/mol. The topological polar surface area (TPSA) is 52.2 Å². The summed E-state index contributed by atoms with van der Waals surface area (Å²) >= 11 is 6.00. The van der Waals surface area contributed by atoms with E-state index in [9.17, 15) is 4.79 Å². The van der Waals surface area contributed by atoms with Gasteiger partial charge in [0, 0.05) is 36.1 Å². The third-order valence-corrected chi connectivity index (χ3v) is 5.87. The smallest absolute Gasteiger partial charge is 0.275 e. The zero-order valence-corrected chi connectivity index (χ0v) is 12.9. The summed E-state index contributed by atoms with van der Waals surface area (Å²) in [6, 6.07) is 5.88. The van der Waals surface area contributed by atoms with Crippen LogP contribution in [0, 0.1) is 11.8 Å². The number of carbonyl (C=O) groups is 1. The average molecular weight is 317 g/mol. The number of piperidine rings is 3. The summed E-state index contributed by atoms with van der Waals surface area (Å²) in [4.78, 5) is 17.6. The first kappa shape index (κ1) is 12.9. The van der Waals surface area contributed by atoms with E-state index in [1.165, 1.54) is 13.0 Å². The van der Waals surface area contributed by atoms with Crippen molar-refractivity contribution in [1.82, 2.24) is 20.0 Å². The second-order valence-electron chi connectivity index (χ2n) is 6.76. The lowest BCUT2D eigenvalue weighted by Gasteiger charge is -2.44. The van der Waals surface area contributed by atoms with Crippen LogP contribution in [0.2, 0.25) is 5.02 Å². The number of H-pyrrole nitrogens is 1. The number of aromatic nitrogens is 2. The minimum Gasteiger partial charge on any atom is -0.332 e. The number of nitrogens with zero attached hydrogens (tertiary/aromatic N) is 3. The van der Waals surface area contributed by atoms with Crippen LogP contribution in [0.3, 0.4) is 0 Å². The van der Waals surface area contributed by atoms with Gasteiger partial charge in [-0.2, -0.15) is 5.10 Å². The number of benzene rings is 1. The van der Waals surface area contributed by atoms with Gasteiger partial charge in [0.1, 0.15) is 0 Å². The van der Waals surface area contributed by atoms with E-state index in [4.69, 9.17) is 11.6 Å². The van der Waals surface area contributed by atoms with Crippen LogP contribution in [0.5, 0.6) is 0 Å². The molecule has 2 aromatic rings. The number of rotatable bonds is 1. The Labute approximate surface area is 133 Å². The highest BCUT2D eigenvalue weighted by Gasteiger charge is 2.51. The lowest BCUT2D eigenvalue weighted by Crippen LogP contribution is -2.54. The van der Waals surface area contributed by atoms with E-state index in [-0.39, 0.29) is 5.91 Å². The third-order valence-electron chi connectivity index (χ3n) is 5.64. The van der Waals surface area contributed by atoms with Gasteiger partial charge in [-0.25, -0.2) is 0 Å². The second-order valence-corrected chi connectivity index (χ2v) is 7.20. The Balaban J connectivity index is 1.51. The zero-order chi connectivity index (χ0) is 14.8. The molecule has 0 aliphatic carbocycles. The molecule has 1 amide bonds. The van der Waals surface area contributed by atoms with Crippen molar-refractivity contribution in [1.29, 1.82) is 0 Å². The minimum absolute atomic E-state index is 0.0647. The van der Waals surface area contributed by atoms with E-state index in [2.05, 4.69) is 20.0 Å². The van der Waals surface area contributed by atoms with E-state index < -0.39 is 0 Å². The summed E-state index contributed by atoms with van der Waals surface area (Å²) in [6.07, 6.45) is 1.23. The first-order chi connectivity index (χ1) is 10.7. The fourth-order valence-electron chi connectivity index (χ4n) is 4.63. The molecule has 5 nitrogen and oxygen atoms in total. The second kappa shape index (κ2) is 4.46. The fourth-order valence-corrected chi connectivity index (χ4v) is 4.81. The molecule has 4 bridgehead atoms. The maximum absolute atomic E-state index is 13.0. The van der Waals surface area contributed by atoms with Gasteiger partial charge >= 0.3 is 0 Å². The summed E-state index contributed by atoms with van der Waals surface area (Å²) in [5, 5.41) is 8.72. The number of likely N-dealkylation sites (tertiary alicyclic amines) is 1. The summed E-state index contributed by atoms with van der Waals surface area (Å²) < 4.78 is 0. The molecule has 114 valence electrons. The van der Waals surface area contributed by atoms with Gasteiger partial charge in [-0.3, -0.25) is 9.89 Å². The van der Waals surface area contributed by atoms with Crippen LogP contribution in [-0.2, 0) is 0 Å². The van der Waals surface area contributed by atoms with E-state index >= 15 is 0 Å². The van der Waals surface area contributed by atoms with Gasteiger partial charge in [0.15, 0.2) is 5.69 Å². The van der Waals surface area contributed by atoms with E-state index in [1.807, 2.05) is 18.2 Å². The first-order valence-electron chi connectivity index (χ1n) is 7.87. The van der Waals surface area contributed by atoms with E-state index in [0.29, 0.717) is 28.6 Å². The molecule has 0 saturated carbocycles. The number of aromatic amines is 1. The molecule has 1 aromatic heterocycles. The number of hydrogen-bond acceptors (Lipinski definition) is 3. The Morgan fingerprint density at radius 1 is 1.32 bits per heavy atom. The first-order valence-corrected chi connectivity index (χ1v) is 8.25. The summed E-state index contributed by atoms with van der Waals surface area (Å²) in [7, 11) is 0. The number of halogens is 1. The Morgan fingerprint density at radius 2 is 2.23 bits per heavy atom. The number of nitrogens with one attached hydrogen (secondary N) is 1. The van der Waals surface area contributed by atoms with Crippen molar-refractivity contribution in [3.8, 4) is 0 Å². The largest absolute Gasteiger partial charge is 0.332 e. The standard InChI is InChI=1S/C16H17ClN4O/c17-10-1-2-12-13(5-10)18-19-15(12)16(22)21-7-9-6-20-4-3-11(9)14(21)8-20/h1-2,5,9,11,14H,3-4,6-8H2,(H,18,19)/t9-,11?,14-/m0/s1. The number of fused-ring (bicyclic) bond motifs is 2. The van der Waals surface area contributed by atoms with E-state index in [1.54, 1.807) is 0 Å². The Kier molecular flexibility index (Phi) is 2.62. The van der Waals surface area contributed by atoms with Crippen LogP contribution in [0.15, 0.2) is 18.2 Å². The normalized spacial score (nSPS) is 32.9. The zero-order valence-electron chi connectivity index (χ0n) is 12.1. The van der Waals surface area contributed by atoms with Crippen molar-refractivity contribution in [3.63, 3.8) is 0 Å². The monoisotopic (exact) mass is 316 g/mol. The van der Waals surface area contributed by atoms with Gasteiger partial charge in [-0.15, -0.1) is 0 Å². The average Bonchev–Trinajstić information content (AvgIpc) is 3.05. The summed E-state index contributed by atoms with van der Waals surface area (Å²) in [5.41, 5.74) is 1.35. The van der Waals surface area contributed by atoms with E-state index in [0.717, 1.165) is 30.5 Å². The van der Waals surface area contributed by atoms with Crippen LogP contribution in [0.25, 0.3) is 10.9 Å². The summed E-state index contributed by atoms with van der Waals surface area (Å²) in [5.74, 6) is 1.40. The van der Waals surface area contributed by atoms with Gasteiger partial charge < -0.3 is 9.80 Å². The highest BCUT2D eigenvalue weighted by Crippen LogP contribution is 2.42. The number of carbonyl (C=O) groups excluding carboxylic acids is 1. The van der Waals surface area contributed by atoms with Gasteiger partial charge in [-0.1, -0.05) is 11.6 Å². The lowest BCUT2D eigenvalue weighted by atomic mass is 9.80. The summed E-state index contributed by atoms with van der Waals surface area (Å²) in [6.45, 7) is 4.26. The molecule has 4 aliphatic rings. The number of amides is 1. The van der Waals surface area contributed by atoms with Crippen LogP contribution in [0.4, 0.5) is 0 Å². The molecule has 4 atom stereocenters. The highest BCUT2D eigenvalue weighted by molar-refractivity contribution is 6.31. The molecule has 4 saturated heterocycles. The van der Waals surface area contributed by atoms with Crippen molar-refractivity contribution in [2.45, 2.75) is 12.5 Å². The molecule has 1 N–H and O–H groups in total. The minimum atomic E-state index is 0.0647.